The van der Waals surface area contributed by atoms with Gasteiger partial charge in [0.2, 0.25) is 5.88 Å². The number of nitro benzene ring substituents is 1. The Balaban J connectivity index is 1.80. The number of aromatic amines is 1. The number of rotatable bonds is 3. The fourth-order valence-corrected chi connectivity index (χ4v) is 2.85. The van der Waals surface area contributed by atoms with Gasteiger partial charge in [-0.2, -0.15) is 0 Å². The average molecular weight is 347 g/mol. The highest BCUT2D eigenvalue weighted by Gasteiger charge is 2.15. The third kappa shape index (κ3) is 2.63. The molecule has 2 N–H and O–H groups in total. The van der Waals surface area contributed by atoms with E-state index in [1.165, 1.54) is 18.2 Å². The van der Waals surface area contributed by atoms with Gasteiger partial charge >= 0.3 is 0 Å². The van der Waals surface area contributed by atoms with Crippen LogP contribution in [0, 0.1) is 17.0 Å². The lowest BCUT2D eigenvalue weighted by molar-refractivity contribution is -0.384. The quantitative estimate of drug-likeness (QED) is 0.306. The van der Waals surface area contributed by atoms with Gasteiger partial charge in [0.15, 0.2) is 11.5 Å². The Morgan fingerprint density at radius 2 is 1.92 bits per heavy atom. The summed E-state index contributed by atoms with van der Waals surface area (Å²) in [7, 11) is 0. The third-order valence-corrected chi connectivity index (χ3v) is 4.11. The molecule has 0 aliphatic heterocycles. The lowest BCUT2D eigenvalue weighted by Gasteiger charge is -2.02. The van der Waals surface area contributed by atoms with Crippen LogP contribution in [0.1, 0.15) is 5.56 Å². The van der Waals surface area contributed by atoms with Crippen molar-refractivity contribution in [3.05, 3.63) is 64.2 Å². The number of pyridine rings is 1. The maximum atomic E-state index is 11.0. The van der Waals surface area contributed by atoms with Crippen LogP contribution in [0.4, 0.5) is 17.2 Å². The fraction of sp³-hybridized carbons (Fsp3) is 0.0556. The van der Waals surface area contributed by atoms with E-state index in [4.69, 9.17) is 0 Å². The molecule has 0 unspecified atom stereocenters. The Morgan fingerprint density at radius 1 is 1.12 bits per heavy atom. The second-order valence-electron chi connectivity index (χ2n) is 5.82. The SMILES string of the molecule is Cc1cc(N=Nc2c(O)[nH]c3ccc([N+](=O)[O-])cc23)nc2ccccc12. The largest absolute Gasteiger partial charge is 0.493 e. The molecule has 8 heteroatoms. The van der Waals surface area contributed by atoms with Gasteiger partial charge in [0, 0.05) is 22.9 Å². The standard InChI is InChI=1S/C18H13N5O3/c1-10-8-16(19-14-5-3-2-4-12(10)14)21-22-17-13-9-11(23(25)26)6-7-15(13)20-18(17)24/h2-9,20,24H,1H3. The molecule has 0 saturated carbocycles. The second-order valence-corrected chi connectivity index (χ2v) is 5.82. The van der Waals surface area contributed by atoms with Crippen molar-refractivity contribution >= 4 is 39.0 Å². The highest BCUT2D eigenvalue weighted by atomic mass is 16.6. The first-order chi connectivity index (χ1) is 12.5. The number of azo groups is 1. The number of hydrogen-bond donors (Lipinski definition) is 2. The Bertz CT molecular complexity index is 1200. The number of benzene rings is 2. The van der Waals surface area contributed by atoms with Crippen molar-refractivity contribution in [1.82, 2.24) is 9.97 Å². The molecule has 2 aromatic heterocycles. The van der Waals surface area contributed by atoms with Gasteiger partial charge in [-0.25, -0.2) is 4.98 Å². The molecule has 2 heterocycles. The van der Waals surface area contributed by atoms with E-state index in [0.717, 1.165) is 16.5 Å². The molecule has 0 amide bonds. The number of fused-ring (bicyclic) bond motifs is 2. The van der Waals surface area contributed by atoms with Gasteiger partial charge in [0.05, 0.1) is 16.0 Å². The summed E-state index contributed by atoms with van der Waals surface area (Å²) in [6.07, 6.45) is 0. The summed E-state index contributed by atoms with van der Waals surface area (Å²) in [6, 6.07) is 13.7. The summed E-state index contributed by atoms with van der Waals surface area (Å²) in [4.78, 5) is 17.6. The maximum Gasteiger partial charge on any atom is 0.270 e. The Kier molecular flexibility index (Phi) is 3.58. The molecule has 4 aromatic rings. The number of nitro groups is 1. The second kappa shape index (κ2) is 5.92. The summed E-state index contributed by atoms with van der Waals surface area (Å²) < 4.78 is 0. The molecule has 0 saturated heterocycles. The highest BCUT2D eigenvalue weighted by molar-refractivity contribution is 5.95. The Labute approximate surface area is 147 Å². The van der Waals surface area contributed by atoms with E-state index in [0.29, 0.717) is 16.7 Å². The van der Waals surface area contributed by atoms with E-state index in [1.807, 2.05) is 31.2 Å². The number of non-ortho nitro benzene ring substituents is 1. The topological polar surface area (TPSA) is 117 Å². The number of nitrogens with zero attached hydrogens (tertiary/aromatic N) is 4. The molecule has 0 aliphatic carbocycles. The van der Waals surface area contributed by atoms with E-state index >= 15 is 0 Å². The van der Waals surface area contributed by atoms with Gasteiger partial charge < -0.3 is 10.1 Å². The predicted octanol–water partition coefficient (Wildman–Crippen LogP) is 5.05. The van der Waals surface area contributed by atoms with Crippen LogP contribution in [0.15, 0.2) is 58.8 Å². The van der Waals surface area contributed by atoms with E-state index < -0.39 is 4.92 Å². The first kappa shape index (κ1) is 15.7. The number of nitrogens with one attached hydrogen (secondary N) is 1. The molecule has 0 radical (unpaired) electrons. The summed E-state index contributed by atoms with van der Waals surface area (Å²) in [5.41, 5.74) is 2.37. The summed E-state index contributed by atoms with van der Waals surface area (Å²) >= 11 is 0. The van der Waals surface area contributed by atoms with Crippen molar-refractivity contribution in [2.45, 2.75) is 6.92 Å². The van der Waals surface area contributed by atoms with Gasteiger partial charge in [-0.05, 0) is 30.7 Å². The number of aryl methyl sites for hydroxylation is 1. The summed E-state index contributed by atoms with van der Waals surface area (Å²) in [5.74, 6) is 0.183. The molecule has 2 aromatic carbocycles. The van der Waals surface area contributed by atoms with Crippen LogP contribution in [0.5, 0.6) is 5.88 Å². The van der Waals surface area contributed by atoms with Gasteiger partial charge in [-0.1, -0.05) is 18.2 Å². The number of hydrogen-bond acceptors (Lipinski definition) is 6. The molecule has 0 atom stereocenters. The zero-order chi connectivity index (χ0) is 18.3. The zero-order valence-corrected chi connectivity index (χ0v) is 13.7. The minimum atomic E-state index is -0.501. The van der Waals surface area contributed by atoms with Crippen molar-refractivity contribution < 1.29 is 10.0 Å². The monoisotopic (exact) mass is 347 g/mol. The minimum absolute atomic E-state index is 0.0902. The van der Waals surface area contributed by atoms with Crippen molar-refractivity contribution in [3.8, 4) is 5.88 Å². The van der Waals surface area contributed by atoms with E-state index in [-0.39, 0.29) is 17.3 Å². The van der Waals surface area contributed by atoms with Crippen LogP contribution in [-0.2, 0) is 0 Å². The van der Waals surface area contributed by atoms with E-state index in [2.05, 4.69) is 20.2 Å². The highest BCUT2D eigenvalue weighted by Crippen LogP contribution is 2.38. The molecule has 0 bridgehead atoms. The van der Waals surface area contributed by atoms with E-state index in [1.54, 1.807) is 6.07 Å². The molecule has 128 valence electrons. The Hall–Kier alpha value is -3.81. The molecule has 4 rings (SSSR count). The zero-order valence-electron chi connectivity index (χ0n) is 13.7. The summed E-state index contributed by atoms with van der Waals surface area (Å²) in [6.45, 7) is 1.95. The molecule has 8 nitrogen and oxygen atoms in total. The third-order valence-electron chi connectivity index (χ3n) is 4.11. The lowest BCUT2D eigenvalue weighted by Crippen LogP contribution is -1.86. The van der Waals surface area contributed by atoms with Crippen LogP contribution < -0.4 is 0 Å². The van der Waals surface area contributed by atoms with Gasteiger partial charge in [-0.15, -0.1) is 10.2 Å². The number of aromatic hydroxyl groups is 1. The number of para-hydroxylation sites is 1. The molecule has 0 spiro atoms. The minimum Gasteiger partial charge on any atom is -0.493 e. The van der Waals surface area contributed by atoms with Gasteiger partial charge in [0.25, 0.3) is 5.69 Å². The first-order valence-corrected chi connectivity index (χ1v) is 7.80. The first-order valence-electron chi connectivity index (χ1n) is 7.80. The van der Waals surface area contributed by atoms with Crippen LogP contribution >= 0.6 is 0 Å². The molecular weight excluding hydrogens is 334 g/mol. The molecule has 26 heavy (non-hydrogen) atoms. The maximum absolute atomic E-state index is 11.0. The van der Waals surface area contributed by atoms with Crippen molar-refractivity contribution in [3.63, 3.8) is 0 Å². The van der Waals surface area contributed by atoms with Crippen molar-refractivity contribution in [2.24, 2.45) is 10.2 Å². The lowest BCUT2D eigenvalue weighted by atomic mass is 10.1. The fourth-order valence-electron chi connectivity index (χ4n) is 2.85. The molecule has 0 fully saturated rings. The van der Waals surface area contributed by atoms with Crippen LogP contribution in [0.3, 0.4) is 0 Å². The molecule has 0 aliphatic rings. The van der Waals surface area contributed by atoms with Crippen molar-refractivity contribution in [1.29, 1.82) is 0 Å². The van der Waals surface area contributed by atoms with E-state index in [9.17, 15) is 15.2 Å². The normalized spacial score (nSPS) is 11.6. The van der Waals surface area contributed by atoms with Crippen LogP contribution in [0.25, 0.3) is 21.8 Å². The summed E-state index contributed by atoms with van der Waals surface area (Å²) in [5, 5.41) is 30.7. The Morgan fingerprint density at radius 3 is 2.73 bits per heavy atom. The van der Waals surface area contributed by atoms with Crippen LogP contribution in [-0.4, -0.2) is 20.0 Å². The van der Waals surface area contributed by atoms with Gasteiger partial charge in [0.1, 0.15) is 0 Å². The number of H-pyrrole nitrogens is 1. The average Bonchev–Trinajstić information content (AvgIpc) is 2.94. The van der Waals surface area contributed by atoms with Crippen molar-refractivity contribution in [2.75, 3.05) is 0 Å². The smallest absolute Gasteiger partial charge is 0.270 e. The van der Waals surface area contributed by atoms with Crippen LogP contribution in [0.2, 0.25) is 0 Å². The van der Waals surface area contributed by atoms with Gasteiger partial charge in [-0.3, -0.25) is 10.1 Å². The molecular formula is C18H13N5O3. The predicted molar refractivity (Wildman–Crippen MR) is 97.3 cm³/mol. The number of aromatic nitrogens is 2.